The Morgan fingerprint density at radius 1 is 1.25 bits per heavy atom. The molecule has 0 fully saturated rings. The van der Waals surface area contributed by atoms with Crippen LogP contribution in [0.3, 0.4) is 0 Å². The van der Waals surface area contributed by atoms with Gasteiger partial charge in [0.25, 0.3) is 0 Å². The molecule has 1 heterocycles. The molecule has 0 saturated carbocycles. The zero-order valence-electron chi connectivity index (χ0n) is 10.1. The number of hydrogen-bond donors (Lipinski definition) is 3. The van der Waals surface area contributed by atoms with Crippen molar-refractivity contribution in [3.8, 4) is 0 Å². The summed E-state index contributed by atoms with van der Waals surface area (Å²) < 4.78 is 0. The molecular formula is C11H20N4O. The Morgan fingerprint density at radius 2 is 1.88 bits per heavy atom. The molecule has 0 unspecified atom stereocenters. The Kier molecular flexibility index (Phi) is 4.98. The van der Waals surface area contributed by atoms with Crippen LogP contribution >= 0.6 is 0 Å². The third-order valence-electron chi connectivity index (χ3n) is 2.04. The van der Waals surface area contributed by atoms with E-state index in [1.807, 2.05) is 13.0 Å². The first-order chi connectivity index (χ1) is 7.67. The summed E-state index contributed by atoms with van der Waals surface area (Å²) in [5.74, 6) is 2.66. The number of aliphatic hydroxyl groups excluding tert-OH is 1. The fourth-order valence-electron chi connectivity index (χ4n) is 1.27. The lowest BCUT2D eigenvalue weighted by molar-refractivity contribution is 0.311. The average Bonchev–Trinajstić information content (AvgIpc) is 2.26. The second kappa shape index (κ2) is 6.27. The summed E-state index contributed by atoms with van der Waals surface area (Å²) in [6.07, 6.45) is 0. The number of rotatable bonds is 6. The fraction of sp³-hybridized carbons (Fsp3) is 0.636. The molecule has 0 aliphatic heterocycles. The van der Waals surface area contributed by atoms with Gasteiger partial charge in [-0.25, -0.2) is 9.97 Å². The molecule has 0 spiro atoms. The van der Waals surface area contributed by atoms with Crippen LogP contribution in [-0.4, -0.2) is 34.8 Å². The summed E-state index contributed by atoms with van der Waals surface area (Å²) in [7, 11) is 0. The maximum Gasteiger partial charge on any atom is 0.135 e. The first kappa shape index (κ1) is 12.7. The molecule has 16 heavy (non-hydrogen) atoms. The van der Waals surface area contributed by atoms with Crippen molar-refractivity contribution >= 4 is 11.6 Å². The lowest BCUT2D eigenvalue weighted by Gasteiger charge is -2.11. The predicted octanol–water partition coefficient (Wildman–Crippen LogP) is 1.44. The average molecular weight is 224 g/mol. The Hall–Kier alpha value is -1.36. The molecule has 0 bridgehead atoms. The van der Waals surface area contributed by atoms with Gasteiger partial charge >= 0.3 is 0 Å². The normalized spacial score (nSPS) is 10.6. The summed E-state index contributed by atoms with van der Waals surface area (Å²) in [5.41, 5.74) is 0. The second-order valence-corrected chi connectivity index (χ2v) is 3.83. The van der Waals surface area contributed by atoms with Gasteiger partial charge in [-0.05, 0) is 6.92 Å². The van der Waals surface area contributed by atoms with Crippen LogP contribution in [0.4, 0.5) is 11.6 Å². The quantitative estimate of drug-likeness (QED) is 0.682. The van der Waals surface area contributed by atoms with E-state index in [4.69, 9.17) is 5.11 Å². The van der Waals surface area contributed by atoms with Crippen LogP contribution in [0.25, 0.3) is 0 Å². The predicted molar refractivity (Wildman–Crippen MR) is 65.9 cm³/mol. The smallest absolute Gasteiger partial charge is 0.135 e. The minimum absolute atomic E-state index is 0.0948. The van der Waals surface area contributed by atoms with E-state index in [-0.39, 0.29) is 12.5 Å². The van der Waals surface area contributed by atoms with E-state index < -0.39 is 0 Å². The van der Waals surface area contributed by atoms with Gasteiger partial charge in [0.15, 0.2) is 0 Å². The monoisotopic (exact) mass is 224 g/mol. The first-order valence-electron chi connectivity index (χ1n) is 5.65. The second-order valence-electron chi connectivity index (χ2n) is 3.83. The minimum atomic E-state index is 0.0948. The van der Waals surface area contributed by atoms with Crippen LogP contribution < -0.4 is 10.6 Å². The van der Waals surface area contributed by atoms with Crippen LogP contribution in [0.1, 0.15) is 32.5 Å². The van der Waals surface area contributed by atoms with Crippen molar-refractivity contribution in [3.63, 3.8) is 0 Å². The molecule has 5 nitrogen and oxygen atoms in total. The zero-order valence-corrected chi connectivity index (χ0v) is 10.1. The third kappa shape index (κ3) is 3.66. The van der Waals surface area contributed by atoms with Crippen molar-refractivity contribution in [1.82, 2.24) is 9.97 Å². The van der Waals surface area contributed by atoms with Gasteiger partial charge in [0.05, 0.1) is 6.61 Å². The van der Waals surface area contributed by atoms with Gasteiger partial charge in [-0.3, -0.25) is 0 Å². The molecule has 1 rings (SSSR count). The first-order valence-corrected chi connectivity index (χ1v) is 5.65. The molecule has 0 amide bonds. The Balaban J connectivity index is 2.89. The van der Waals surface area contributed by atoms with E-state index in [2.05, 4.69) is 34.4 Å². The Morgan fingerprint density at radius 3 is 2.38 bits per heavy atom. The van der Waals surface area contributed by atoms with Crippen molar-refractivity contribution in [1.29, 1.82) is 0 Å². The zero-order chi connectivity index (χ0) is 12.0. The molecule has 1 aromatic heterocycles. The highest BCUT2D eigenvalue weighted by atomic mass is 16.3. The Labute approximate surface area is 96.3 Å². The molecule has 0 aromatic carbocycles. The van der Waals surface area contributed by atoms with Gasteiger partial charge in [0.1, 0.15) is 17.5 Å². The van der Waals surface area contributed by atoms with E-state index in [0.717, 1.165) is 24.0 Å². The van der Waals surface area contributed by atoms with Crippen LogP contribution in [0.5, 0.6) is 0 Å². The lowest BCUT2D eigenvalue weighted by Crippen LogP contribution is -2.11. The van der Waals surface area contributed by atoms with Gasteiger partial charge in [0, 0.05) is 25.1 Å². The number of hydrogen-bond acceptors (Lipinski definition) is 5. The van der Waals surface area contributed by atoms with Gasteiger partial charge in [-0.2, -0.15) is 0 Å². The summed E-state index contributed by atoms with van der Waals surface area (Å²) in [6.45, 7) is 7.56. The van der Waals surface area contributed by atoms with Crippen molar-refractivity contribution in [2.75, 3.05) is 30.3 Å². The van der Waals surface area contributed by atoms with Gasteiger partial charge < -0.3 is 15.7 Å². The molecule has 3 N–H and O–H groups in total. The highest BCUT2D eigenvalue weighted by Gasteiger charge is 2.07. The highest BCUT2D eigenvalue weighted by Crippen LogP contribution is 2.16. The molecule has 90 valence electrons. The number of anilines is 2. The summed E-state index contributed by atoms with van der Waals surface area (Å²) >= 11 is 0. The van der Waals surface area contributed by atoms with Crippen LogP contribution in [0.2, 0.25) is 0 Å². The third-order valence-corrected chi connectivity index (χ3v) is 2.04. The molecule has 0 saturated heterocycles. The number of aliphatic hydroxyl groups is 1. The maximum atomic E-state index is 8.76. The van der Waals surface area contributed by atoms with Gasteiger partial charge in [0.2, 0.25) is 0 Å². The highest BCUT2D eigenvalue weighted by molar-refractivity contribution is 5.47. The van der Waals surface area contributed by atoms with E-state index in [9.17, 15) is 0 Å². The molecule has 0 aliphatic carbocycles. The van der Waals surface area contributed by atoms with Crippen molar-refractivity contribution in [2.45, 2.75) is 26.7 Å². The van der Waals surface area contributed by atoms with E-state index in [1.54, 1.807) is 0 Å². The summed E-state index contributed by atoms with van der Waals surface area (Å²) in [6, 6.07) is 1.85. The number of nitrogens with zero attached hydrogens (tertiary/aromatic N) is 2. The molecule has 1 aromatic rings. The molecule has 0 atom stereocenters. The summed E-state index contributed by atoms with van der Waals surface area (Å²) in [5, 5.41) is 15.0. The van der Waals surface area contributed by atoms with Crippen molar-refractivity contribution in [2.24, 2.45) is 0 Å². The molecule has 0 radical (unpaired) electrons. The van der Waals surface area contributed by atoms with Crippen LogP contribution in [0, 0.1) is 0 Å². The van der Waals surface area contributed by atoms with Crippen molar-refractivity contribution in [3.05, 3.63) is 11.9 Å². The van der Waals surface area contributed by atoms with E-state index in [1.165, 1.54) is 0 Å². The summed E-state index contributed by atoms with van der Waals surface area (Å²) in [4.78, 5) is 8.79. The molecule has 0 aliphatic rings. The van der Waals surface area contributed by atoms with Crippen LogP contribution in [-0.2, 0) is 0 Å². The van der Waals surface area contributed by atoms with E-state index in [0.29, 0.717) is 6.54 Å². The number of aromatic nitrogens is 2. The lowest BCUT2D eigenvalue weighted by atomic mass is 10.2. The molecule has 5 heteroatoms. The SMILES string of the molecule is CCNc1cc(NCCO)nc(C(C)C)n1. The fourth-order valence-corrected chi connectivity index (χ4v) is 1.27. The van der Waals surface area contributed by atoms with E-state index >= 15 is 0 Å². The van der Waals surface area contributed by atoms with Gasteiger partial charge in [-0.1, -0.05) is 13.8 Å². The Bertz CT molecular complexity index is 328. The maximum absolute atomic E-state index is 8.76. The van der Waals surface area contributed by atoms with Crippen molar-refractivity contribution < 1.29 is 5.11 Å². The number of nitrogens with one attached hydrogen (secondary N) is 2. The van der Waals surface area contributed by atoms with Crippen LogP contribution in [0.15, 0.2) is 6.07 Å². The largest absolute Gasteiger partial charge is 0.395 e. The standard InChI is InChI=1S/C11H20N4O/c1-4-12-9-7-10(13-5-6-16)15-11(14-9)8(2)3/h7-8,16H,4-6H2,1-3H3,(H2,12,13,14,15). The van der Waals surface area contributed by atoms with Gasteiger partial charge in [-0.15, -0.1) is 0 Å². The minimum Gasteiger partial charge on any atom is -0.395 e. The topological polar surface area (TPSA) is 70.1 Å². The molecular weight excluding hydrogens is 204 g/mol.